The molecule has 0 saturated heterocycles. The number of anilines is 1. The van der Waals surface area contributed by atoms with Gasteiger partial charge in [0.15, 0.2) is 0 Å². The van der Waals surface area contributed by atoms with E-state index in [4.69, 9.17) is 14.0 Å². The van der Waals surface area contributed by atoms with E-state index in [0.29, 0.717) is 28.7 Å². The normalized spacial score (nSPS) is 10.4. The highest BCUT2D eigenvalue weighted by atomic mass is 32.1. The number of ether oxygens (including phenoxy) is 2. The van der Waals surface area contributed by atoms with Gasteiger partial charge in [-0.05, 0) is 29.6 Å². The molecule has 0 radical (unpaired) electrons. The average Bonchev–Trinajstić information content (AvgIpc) is 3.30. The molecule has 24 heavy (non-hydrogen) atoms. The number of hydrogen-bond donors (Lipinski definition) is 1. The van der Waals surface area contributed by atoms with Crippen LogP contribution in [0, 0.1) is 0 Å². The van der Waals surface area contributed by atoms with Crippen LogP contribution in [0.25, 0.3) is 11.4 Å². The van der Waals surface area contributed by atoms with Crippen molar-refractivity contribution in [3.63, 3.8) is 0 Å². The van der Waals surface area contributed by atoms with Gasteiger partial charge in [-0.3, -0.25) is 0 Å². The third-order valence-electron chi connectivity index (χ3n) is 3.31. The summed E-state index contributed by atoms with van der Waals surface area (Å²) in [7, 11) is 2.87. The lowest BCUT2D eigenvalue weighted by atomic mass is 10.1. The number of aromatic nitrogens is 2. The summed E-state index contributed by atoms with van der Waals surface area (Å²) in [5.41, 5.74) is 1.88. The Balaban J connectivity index is 1.76. The highest BCUT2D eigenvalue weighted by Crippen LogP contribution is 2.24. The first-order valence-corrected chi connectivity index (χ1v) is 8.01. The van der Waals surface area contributed by atoms with Gasteiger partial charge < -0.3 is 19.3 Å². The summed E-state index contributed by atoms with van der Waals surface area (Å²) in [4.78, 5) is 16.2. The van der Waals surface area contributed by atoms with Crippen molar-refractivity contribution in [2.24, 2.45) is 0 Å². The van der Waals surface area contributed by atoms with Crippen molar-refractivity contribution in [3.05, 3.63) is 46.5 Å². The number of thiophene rings is 1. The van der Waals surface area contributed by atoms with Gasteiger partial charge in [0, 0.05) is 16.6 Å². The van der Waals surface area contributed by atoms with Gasteiger partial charge in [0.05, 0.1) is 26.3 Å². The van der Waals surface area contributed by atoms with E-state index in [2.05, 4.69) is 15.5 Å². The number of rotatable bonds is 6. The van der Waals surface area contributed by atoms with Gasteiger partial charge in [0.25, 0.3) is 0 Å². The Hall–Kier alpha value is -2.87. The molecule has 0 aliphatic carbocycles. The van der Waals surface area contributed by atoms with Crippen LogP contribution >= 0.6 is 11.3 Å². The lowest BCUT2D eigenvalue weighted by Gasteiger charge is -2.10. The molecule has 2 heterocycles. The Morgan fingerprint density at radius 3 is 2.92 bits per heavy atom. The molecule has 1 N–H and O–H groups in total. The molecule has 0 saturated carbocycles. The smallest absolute Gasteiger partial charge is 0.340 e. The number of methoxy groups -OCH3 is 2. The first-order valence-electron chi connectivity index (χ1n) is 7.06. The summed E-state index contributed by atoms with van der Waals surface area (Å²) in [6.45, 7) is 0.285. The molecule has 3 rings (SSSR count). The van der Waals surface area contributed by atoms with E-state index in [-0.39, 0.29) is 6.54 Å². The van der Waals surface area contributed by atoms with Crippen molar-refractivity contribution in [2.45, 2.75) is 6.54 Å². The number of carbonyl (C=O) groups is 1. The third kappa shape index (κ3) is 3.38. The Bertz CT molecular complexity index is 830. The predicted octanol–water partition coefficient (Wildman–Crippen LogP) is 3.21. The predicted molar refractivity (Wildman–Crippen MR) is 89.3 cm³/mol. The zero-order valence-corrected chi connectivity index (χ0v) is 13.9. The topological polar surface area (TPSA) is 86.5 Å². The van der Waals surface area contributed by atoms with Gasteiger partial charge in [-0.15, -0.1) is 0 Å². The van der Waals surface area contributed by atoms with Gasteiger partial charge in [0.2, 0.25) is 11.7 Å². The number of esters is 1. The van der Waals surface area contributed by atoms with E-state index in [1.165, 1.54) is 14.2 Å². The zero-order valence-electron chi connectivity index (χ0n) is 13.1. The summed E-state index contributed by atoms with van der Waals surface area (Å²) in [5, 5.41) is 10.9. The van der Waals surface area contributed by atoms with Crippen LogP contribution in [0.2, 0.25) is 0 Å². The summed E-state index contributed by atoms with van der Waals surface area (Å²) < 4.78 is 15.2. The van der Waals surface area contributed by atoms with Crippen LogP contribution in [-0.2, 0) is 11.3 Å². The molecule has 1 aromatic carbocycles. The van der Waals surface area contributed by atoms with Crippen LogP contribution in [0.1, 0.15) is 16.2 Å². The van der Waals surface area contributed by atoms with Crippen molar-refractivity contribution >= 4 is 23.0 Å². The van der Waals surface area contributed by atoms with Crippen molar-refractivity contribution in [3.8, 4) is 17.1 Å². The molecule has 0 amide bonds. The van der Waals surface area contributed by atoms with E-state index in [9.17, 15) is 4.79 Å². The maximum Gasteiger partial charge on any atom is 0.340 e. The Morgan fingerprint density at radius 2 is 2.21 bits per heavy atom. The summed E-state index contributed by atoms with van der Waals surface area (Å²) in [6.07, 6.45) is 0. The fourth-order valence-corrected chi connectivity index (χ4v) is 2.72. The highest BCUT2D eigenvalue weighted by Gasteiger charge is 2.15. The van der Waals surface area contributed by atoms with E-state index in [0.717, 1.165) is 5.56 Å². The zero-order chi connectivity index (χ0) is 16.9. The average molecular weight is 345 g/mol. The first-order chi connectivity index (χ1) is 11.7. The standard InChI is InChI=1S/C16H15N3O4S/c1-21-11-3-4-13(12(7-11)16(20)22-2)17-8-14-18-15(19-23-14)10-5-6-24-9-10/h3-7,9,17H,8H2,1-2H3. The van der Waals surface area contributed by atoms with Crippen molar-refractivity contribution in [2.75, 3.05) is 19.5 Å². The van der Waals surface area contributed by atoms with E-state index in [1.807, 2.05) is 16.8 Å². The van der Waals surface area contributed by atoms with Gasteiger partial charge in [-0.2, -0.15) is 16.3 Å². The fraction of sp³-hybridized carbons (Fsp3) is 0.188. The van der Waals surface area contributed by atoms with Crippen LogP contribution in [0.3, 0.4) is 0 Å². The molecule has 0 aliphatic rings. The van der Waals surface area contributed by atoms with Gasteiger partial charge in [-0.25, -0.2) is 4.79 Å². The second-order valence-electron chi connectivity index (χ2n) is 4.78. The highest BCUT2D eigenvalue weighted by molar-refractivity contribution is 7.08. The molecule has 0 unspecified atom stereocenters. The van der Waals surface area contributed by atoms with Gasteiger partial charge in [0.1, 0.15) is 5.75 Å². The molecule has 0 spiro atoms. The minimum Gasteiger partial charge on any atom is -0.497 e. The first kappa shape index (κ1) is 16.0. The maximum absolute atomic E-state index is 11.9. The van der Waals surface area contributed by atoms with Crippen LogP contribution in [0.4, 0.5) is 5.69 Å². The molecule has 0 bridgehead atoms. The quantitative estimate of drug-likeness (QED) is 0.686. The molecule has 0 aliphatic heterocycles. The van der Waals surface area contributed by atoms with E-state index in [1.54, 1.807) is 29.5 Å². The lowest BCUT2D eigenvalue weighted by molar-refractivity contribution is 0.0601. The number of benzene rings is 1. The second kappa shape index (κ2) is 7.14. The molecule has 7 nitrogen and oxygen atoms in total. The molecule has 0 atom stereocenters. The SMILES string of the molecule is COC(=O)c1cc(OC)ccc1NCc1nc(-c2ccsc2)no1. The Morgan fingerprint density at radius 1 is 1.33 bits per heavy atom. The van der Waals surface area contributed by atoms with Crippen LogP contribution in [0.15, 0.2) is 39.5 Å². The molecular weight excluding hydrogens is 330 g/mol. The molecule has 8 heteroatoms. The minimum atomic E-state index is -0.458. The Labute approximate surface area is 142 Å². The van der Waals surface area contributed by atoms with Gasteiger partial charge >= 0.3 is 5.97 Å². The second-order valence-corrected chi connectivity index (χ2v) is 5.56. The molecular formula is C16H15N3O4S. The Kier molecular flexibility index (Phi) is 4.76. The lowest BCUT2D eigenvalue weighted by Crippen LogP contribution is -2.08. The molecule has 0 fully saturated rings. The van der Waals surface area contributed by atoms with E-state index < -0.39 is 5.97 Å². The number of hydrogen-bond acceptors (Lipinski definition) is 8. The molecule has 2 aromatic heterocycles. The largest absolute Gasteiger partial charge is 0.497 e. The van der Waals surface area contributed by atoms with Crippen LogP contribution in [0.5, 0.6) is 5.75 Å². The molecule has 3 aromatic rings. The summed E-state index contributed by atoms with van der Waals surface area (Å²) >= 11 is 1.56. The van der Waals surface area contributed by atoms with Crippen LogP contribution < -0.4 is 10.1 Å². The molecule has 124 valence electrons. The summed E-state index contributed by atoms with van der Waals surface area (Å²) in [6, 6.07) is 7.02. The monoisotopic (exact) mass is 345 g/mol. The van der Waals surface area contributed by atoms with Crippen LogP contribution in [-0.4, -0.2) is 30.3 Å². The van der Waals surface area contributed by atoms with Crippen molar-refractivity contribution in [1.29, 1.82) is 0 Å². The van der Waals surface area contributed by atoms with E-state index >= 15 is 0 Å². The van der Waals surface area contributed by atoms with Crippen molar-refractivity contribution < 1.29 is 18.8 Å². The maximum atomic E-state index is 11.9. The van der Waals surface area contributed by atoms with Gasteiger partial charge in [-0.1, -0.05) is 5.16 Å². The number of carbonyl (C=O) groups excluding carboxylic acids is 1. The number of nitrogens with one attached hydrogen (secondary N) is 1. The third-order valence-corrected chi connectivity index (χ3v) is 3.99. The summed E-state index contributed by atoms with van der Waals surface area (Å²) in [5.74, 6) is 1.07. The fourth-order valence-electron chi connectivity index (χ4n) is 2.09. The minimum absolute atomic E-state index is 0.285. The van der Waals surface area contributed by atoms with Crippen molar-refractivity contribution in [1.82, 2.24) is 10.1 Å². The number of nitrogens with zero attached hydrogens (tertiary/aromatic N) is 2.